The molecule has 0 aliphatic carbocycles. The molecule has 306 valence electrons. The number of rotatable bonds is 5. The molecule has 0 N–H and O–H groups in total. The summed E-state index contributed by atoms with van der Waals surface area (Å²) in [5.74, 6) is 0.759. The van der Waals surface area contributed by atoms with Gasteiger partial charge in [-0.2, -0.15) is 0 Å². The van der Waals surface area contributed by atoms with Crippen molar-refractivity contribution in [1.29, 1.82) is 0 Å². The van der Waals surface area contributed by atoms with Gasteiger partial charge in [-0.3, -0.25) is 0 Å². The van der Waals surface area contributed by atoms with E-state index in [-0.39, 0.29) is 5.92 Å². The SMILES string of the molecule is CC1C/C=C(\c2cc3c(cc2-n2c4ccccc4c4cc5ccccc5cc42)oc2ccccc23)N=C(c2cc3ccccc3c3ccccc23)N=C1c1ccc(-c2ccccc2)cc1. The molecule has 0 saturated carbocycles. The molecule has 0 spiro atoms. The third-order valence-electron chi connectivity index (χ3n) is 13.4. The molecule has 4 heteroatoms. The monoisotopic (exact) mass is 831 g/mol. The number of aromatic nitrogens is 1. The minimum absolute atomic E-state index is 0.0753. The highest BCUT2D eigenvalue weighted by Gasteiger charge is 2.25. The van der Waals surface area contributed by atoms with E-state index in [0.717, 1.165) is 84.0 Å². The first-order valence-corrected chi connectivity index (χ1v) is 22.5. The number of benzene rings is 10. The summed E-state index contributed by atoms with van der Waals surface area (Å²) in [6.45, 7) is 2.30. The Kier molecular flexibility index (Phi) is 8.53. The first-order chi connectivity index (χ1) is 32.1. The molecule has 0 bridgehead atoms. The maximum atomic E-state index is 6.68. The molecule has 0 fully saturated rings. The van der Waals surface area contributed by atoms with Crippen molar-refractivity contribution in [2.45, 2.75) is 13.3 Å². The van der Waals surface area contributed by atoms with E-state index in [9.17, 15) is 0 Å². The number of amidine groups is 1. The topological polar surface area (TPSA) is 42.8 Å². The van der Waals surface area contributed by atoms with Gasteiger partial charge in [0.25, 0.3) is 0 Å². The summed E-state index contributed by atoms with van der Waals surface area (Å²) in [5, 5.41) is 11.6. The highest BCUT2D eigenvalue weighted by Crippen LogP contribution is 2.42. The number of allylic oxidation sites excluding steroid dienone is 1. The van der Waals surface area contributed by atoms with Crippen LogP contribution in [0.4, 0.5) is 0 Å². The molecule has 1 aliphatic heterocycles. The van der Waals surface area contributed by atoms with E-state index in [1.807, 2.05) is 6.07 Å². The second kappa shape index (κ2) is 14.9. The molecule has 2 aromatic heterocycles. The van der Waals surface area contributed by atoms with Crippen molar-refractivity contribution < 1.29 is 4.42 Å². The average Bonchev–Trinajstić information content (AvgIpc) is 3.89. The number of fused-ring (bicyclic) bond motifs is 10. The molecule has 0 radical (unpaired) electrons. The summed E-state index contributed by atoms with van der Waals surface area (Å²) in [6.07, 6.45) is 3.09. The van der Waals surface area contributed by atoms with Crippen LogP contribution >= 0.6 is 0 Å². The molecule has 1 unspecified atom stereocenters. The average molecular weight is 832 g/mol. The van der Waals surface area contributed by atoms with Gasteiger partial charge >= 0.3 is 0 Å². The van der Waals surface area contributed by atoms with E-state index in [1.54, 1.807) is 0 Å². The third-order valence-corrected chi connectivity index (χ3v) is 13.4. The number of nitrogens with zero attached hydrogens (tertiary/aromatic N) is 3. The Balaban J connectivity index is 1.10. The zero-order chi connectivity index (χ0) is 43.0. The Labute approximate surface area is 375 Å². The van der Waals surface area contributed by atoms with Gasteiger partial charge in [-0.25, -0.2) is 9.98 Å². The lowest BCUT2D eigenvalue weighted by Gasteiger charge is -2.21. The van der Waals surface area contributed by atoms with E-state index in [0.29, 0.717) is 5.84 Å². The predicted molar refractivity (Wildman–Crippen MR) is 274 cm³/mol. The Morgan fingerprint density at radius 2 is 1.06 bits per heavy atom. The third kappa shape index (κ3) is 6.13. The number of hydrogen-bond acceptors (Lipinski definition) is 3. The predicted octanol–water partition coefficient (Wildman–Crippen LogP) is 16.1. The van der Waals surface area contributed by atoms with Gasteiger partial charge in [0.1, 0.15) is 11.2 Å². The van der Waals surface area contributed by atoms with E-state index < -0.39 is 0 Å². The molecule has 10 aromatic carbocycles. The molecule has 65 heavy (non-hydrogen) atoms. The first-order valence-electron chi connectivity index (χ1n) is 22.5. The number of para-hydroxylation sites is 2. The van der Waals surface area contributed by atoms with Gasteiger partial charge in [0.05, 0.1) is 28.1 Å². The van der Waals surface area contributed by atoms with Crippen molar-refractivity contribution in [3.8, 4) is 16.8 Å². The summed E-state index contributed by atoms with van der Waals surface area (Å²) in [4.78, 5) is 11.5. The van der Waals surface area contributed by atoms with Crippen molar-refractivity contribution in [3.05, 3.63) is 229 Å². The molecule has 1 aliphatic rings. The van der Waals surface area contributed by atoms with Crippen LogP contribution in [0.15, 0.2) is 227 Å². The van der Waals surface area contributed by atoms with Crippen LogP contribution in [0.5, 0.6) is 0 Å². The van der Waals surface area contributed by atoms with E-state index >= 15 is 0 Å². The Morgan fingerprint density at radius 3 is 1.88 bits per heavy atom. The molecule has 3 heterocycles. The van der Waals surface area contributed by atoms with Crippen molar-refractivity contribution in [1.82, 2.24) is 4.57 Å². The lowest BCUT2D eigenvalue weighted by Crippen LogP contribution is -2.17. The molecule has 13 rings (SSSR count). The molecule has 4 nitrogen and oxygen atoms in total. The van der Waals surface area contributed by atoms with Crippen molar-refractivity contribution in [2.75, 3.05) is 0 Å². The second-order valence-electron chi connectivity index (χ2n) is 17.3. The van der Waals surface area contributed by atoms with E-state index in [4.69, 9.17) is 14.4 Å². The van der Waals surface area contributed by atoms with Crippen molar-refractivity contribution >= 4 is 93.3 Å². The summed E-state index contributed by atoms with van der Waals surface area (Å²) in [5.41, 5.74) is 12.3. The van der Waals surface area contributed by atoms with Crippen LogP contribution in [-0.2, 0) is 0 Å². The van der Waals surface area contributed by atoms with Crippen molar-refractivity contribution in [2.24, 2.45) is 15.9 Å². The maximum absolute atomic E-state index is 6.68. The van der Waals surface area contributed by atoms with Gasteiger partial charge in [0.2, 0.25) is 0 Å². The lowest BCUT2D eigenvalue weighted by atomic mass is 9.91. The molecule has 0 saturated heterocycles. The Hall–Kier alpha value is -8.34. The normalized spacial score (nSPS) is 15.4. The minimum atomic E-state index is 0.0753. The maximum Gasteiger partial charge on any atom is 0.160 e. The van der Waals surface area contributed by atoms with Crippen LogP contribution in [0, 0.1) is 5.92 Å². The van der Waals surface area contributed by atoms with Gasteiger partial charge in [0, 0.05) is 44.7 Å². The van der Waals surface area contributed by atoms with Gasteiger partial charge < -0.3 is 8.98 Å². The van der Waals surface area contributed by atoms with Crippen LogP contribution < -0.4 is 0 Å². The quantitative estimate of drug-likeness (QED) is 0.159. The zero-order valence-electron chi connectivity index (χ0n) is 35.7. The summed E-state index contributed by atoms with van der Waals surface area (Å²) in [6, 6.07) is 74.0. The van der Waals surface area contributed by atoms with Gasteiger partial charge in [-0.05, 0) is 91.8 Å². The zero-order valence-corrected chi connectivity index (χ0v) is 35.7. The van der Waals surface area contributed by atoms with E-state index in [1.165, 1.54) is 43.4 Å². The summed E-state index contributed by atoms with van der Waals surface area (Å²) < 4.78 is 9.10. The van der Waals surface area contributed by atoms with Crippen LogP contribution in [0.1, 0.15) is 30.0 Å². The van der Waals surface area contributed by atoms with Crippen molar-refractivity contribution in [3.63, 3.8) is 0 Å². The minimum Gasteiger partial charge on any atom is -0.456 e. The number of furan rings is 1. The summed E-state index contributed by atoms with van der Waals surface area (Å²) in [7, 11) is 0. The smallest absolute Gasteiger partial charge is 0.160 e. The van der Waals surface area contributed by atoms with Crippen LogP contribution in [-0.4, -0.2) is 16.1 Å². The fraction of sp³-hybridized carbons (Fsp3) is 0.0492. The summed E-state index contributed by atoms with van der Waals surface area (Å²) >= 11 is 0. The molecule has 0 amide bonds. The van der Waals surface area contributed by atoms with E-state index in [2.05, 4.69) is 218 Å². The Morgan fingerprint density at radius 1 is 0.431 bits per heavy atom. The standard InChI is InChI=1S/C61H41N3O/c1-38-27-32-54(62-61(52-34-44-19-7-8-20-45(44)46-21-9-10-22-47(46)52)63-60(38)41-30-28-40(29-31-41)39-15-3-2-4-16-39)53-36-51-49-24-12-14-26-58(49)65-59(51)37-57(53)64-55-25-13-11-23-48(55)50-33-42-17-5-6-18-43(42)35-56(50)64/h2-26,28-38H,27H2,1H3/b54-32+,62-61?,63-60?. The molecular weight excluding hydrogens is 791 g/mol. The number of hydrogen-bond donors (Lipinski definition) is 0. The first kappa shape index (κ1) is 37.2. The largest absolute Gasteiger partial charge is 0.456 e. The van der Waals surface area contributed by atoms with Gasteiger partial charge in [-0.1, -0.05) is 177 Å². The molecular formula is C61H41N3O. The van der Waals surface area contributed by atoms with Crippen LogP contribution in [0.25, 0.3) is 98.6 Å². The highest BCUT2D eigenvalue weighted by atomic mass is 16.3. The number of aliphatic imine (C=N–C) groups is 2. The molecule has 12 aromatic rings. The molecule has 1 atom stereocenters. The lowest BCUT2D eigenvalue weighted by molar-refractivity contribution is 0.668. The van der Waals surface area contributed by atoms with Gasteiger partial charge in [-0.15, -0.1) is 0 Å². The highest BCUT2D eigenvalue weighted by molar-refractivity contribution is 6.23. The van der Waals surface area contributed by atoms with Crippen LogP contribution in [0.3, 0.4) is 0 Å². The van der Waals surface area contributed by atoms with Gasteiger partial charge in [0.15, 0.2) is 5.84 Å². The second-order valence-corrected chi connectivity index (χ2v) is 17.3. The fourth-order valence-electron chi connectivity index (χ4n) is 10.2. The fourth-order valence-corrected chi connectivity index (χ4v) is 10.2. The van der Waals surface area contributed by atoms with Crippen LogP contribution in [0.2, 0.25) is 0 Å². The Bertz CT molecular complexity index is 3980.